The second-order valence-corrected chi connectivity index (χ2v) is 10.5. The molecule has 0 saturated heterocycles. The van der Waals surface area contributed by atoms with E-state index in [0.29, 0.717) is 0 Å². The van der Waals surface area contributed by atoms with Gasteiger partial charge in [0.2, 0.25) is 0 Å². The summed E-state index contributed by atoms with van der Waals surface area (Å²) in [6.07, 6.45) is 0. The maximum atomic E-state index is 4.06. The highest BCUT2D eigenvalue weighted by Crippen LogP contribution is 2.41. The van der Waals surface area contributed by atoms with E-state index in [1.54, 1.807) is 0 Å². The molecule has 0 rings (SSSR count). The van der Waals surface area contributed by atoms with Gasteiger partial charge in [-0.2, -0.15) is 0 Å². The molecule has 72 valence electrons. The molecule has 0 heterocycles. The van der Waals surface area contributed by atoms with Crippen molar-refractivity contribution >= 4 is 8.07 Å². The van der Waals surface area contributed by atoms with Crippen LogP contribution < -0.4 is 0 Å². The fourth-order valence-corrected chi connectivity index (χ4v) is 8.12. The Morgan fingerprint density at radius 2 is 1.08 bits per heavy atom. The van der Waals surface area contributed by atoms with Crippen molar-refractivity contribution in [1.82, 2.24) is 0 Å². The molecule has 0 aliphatic heterocycles. The summed E-state index contributed by atoms with van der Waals surface area (Å²) < 4.78 is 0. The molecule has 0 aromatic carbocycles. The lowest BCUT2D eigenvalue weighted by Crippen LogP contribution is -2.42. The highest BCUT2D eigenvalue weighted by molar-refractivity contribution is 6.87. The van der Waals surface area contributed by atoms with E-state index in [1.807, 2.05) is 0 Å². The molecule has 0 bridgehead atoms. The average molecular weight is 184 g/mol. The van der Waals surface area contributed by atoms with E-state index >= 15 is 0 Å². The zero-order valence-corrected chi connectivity index (χ0v) is 10.5. The molecule has 0 nitrogen and oxygen atoms in total. The van der Waals surface area contributed by atoms with E-state index in [4.69, 9.17) is 0 Å². The molecule has 0 fully saturated rings. The lowest BCUT2D eigenvalue weighted by molar-refractivity contribution is 0.834. The minimum absolute atomic E-state index is 0.815. The molecule has 0 N–H and O–H groups in total. The predicted molar refractivity (Wildman–Crippen MR) is 61.2 cm³/mol. The van der Waals surface area contributed by atoms with Gasteiger partial charge in [0, 0.05) is 0 Å². The van der Waals surface area contributed by atoms with Gasteiger partial charge in [0.25, 0.3) is 0 Å². The number of hydrogen-bond donors (Lipinski definition) is 0. The molecule has 0 saturated carbocycles. The SMILES string of the molecule is C=C[Si](C(C)C)(C(C)C)C(C)C. The summed E-state index contributed by atoms with van der Waals surface area (Å²) >= 11 is 0. The Hall–Kier alpha value is -0.0431. The van der Waals surface area contributed by atoms with Crippen LogP contribution in [0, 0.1) is 0 Å². The quantitative estimate of drug-likeness (QED) is 0.568. The van der Waals surface area contributed by atoms with Crippen molar-refractivity contribution in [1.29, 1.82) is 0 Å². The van der Waals surface area contributed by atoms with E-state index in [0.717, 1.165) is 16.6 Å². The Morgan fingerprint density at radius 1 is 0.833 bits per heavy atom. The van der Waals surface area contributed by atoms with Gasteiger partial charge in [0.05, 0.1) is 8.07 Å². The molecule has 0 unspecified atom stereocenters. The van der Waals surface area contributed by atoms with Crippen molar-refractivity contribution in [2.75, 3.05) is 0 Å². The van der Waals surface area contributed by atoms with E-state index < -0.39 is 8.07 Å². The smallest absolute Gasteiger partial charge is 0.0846 e. The Morgan fingerprint density at radius 3 is 1.08 bits per heavy atom. The first kappa shape index (κ1) is 12.0. The second-order valence-electron chi connectivity index (χ2n) is 4.67. The largest absolute Gasteiger partial charge is 0.107 e. The predicted octanol–water partition coefficient (Wildman–Crippen LogP) is 4.39. The minimum atomic E-state index is -1.24. The maximum Gasteiger partial charge on any atom is 0.0846 e. The van der Waals surface area contributed by atoms with Gasteiger partial charge < -0.3 is 0 Å². The standard InChI is InChI=1S/C11H24Si/c1-8-12(9(2)3,10(4)5)11(6)7/h8-11H,1H2,2-7H3. The van der Waals surface area contributed by atoms with Crippen LogP contribution in [0.15, 0.2) is 12.3 Å². The van der Waals surface area contributed by atoms with Gasteiger partial charge in [-0.1, -0.05) is 41.5 Å². The topological polar surface area (TPSA) is 0 Å². The average Bonchev–Trinajstić information content (AvgIpc) is 1.86. The van der Waals surface area contributed by atoms with Gasteiger partial charge in [-0.05, 0) is 16.6 Å². The van der Waals surface area contributed by atoms with E-state index in [9.17, 15) is 0 Å². The first-order valence-corrected chi connectivity index (χ1v) is 7.34. The third-order valence-electron chi connectivity index (χ3n) is 3.35. The summed E-state index contributed by atoms with van der Waals surface area (Å²) in [7, 11) is -1.24. The molecule has 0 aromatic heterocycles. The monoisotopic (exact) mass is 184 g/mol. The third kappa shape index (κ3) is 1.82. The lowest BCUT2D eigenvalue weighted by atomic mass is 10.5. The van der Waals surface area contributed by atoms with Crippen molar-refractivity contribution < 1.29 is 0 Å². The molecule has 0 aliphatic carbocycles. The molecular formula is C11H24Si. The lowest BCUT2D eigenvalue weighted by Gasteiger charge is -2.40. The van der Waals surface area contributed by atoms with Crippen molar-refractivity contribution in [3.63, 3.8) is 0 Å². The summed E-state index contributed by atoms with van der Waals surface area (Å²) in [6.45, 7) is 18.2. The zero-order valence-electron chi connectivity index (χ0n) is 9.52. The molecule has 0 atom stereocenters. The van der Waals surface area contributed by atoms with Gasteiger partial charge in [0.1, 0.15) is 0 Å². The highest BCUT2D eigenvalue weighted by atomic mass is 28.3. The first-order chi connectivity index (χ1) is 5.39. The first-order valence-electron chi connectivity index (χ1n) is 5.03. The van der Waals surface area contributed by atoms with Crippen molar-refractivity contribution in [3.05, 3.63) is 12.3 Å². The minimum Gasteiger partial charge on any atom is -0.107 e. The van der Waals surface area contributed by atoms with Gasteiger partial charge in [-0.15, -0.1) is 12.3 Å². The molecule has 0 amide bonds. The fraction of sp³-hybridized carbons (Fsp3) is 0.818. The zero-order chi connectivity index (χ0) is 9.94. The van der Waals surface area contributed by atoms with Crippen LogP contribution in [0.1, 0.15) is 41.5 Å². The van der Waals surface area contributed by atoms with E-state index in [2.05, 4.69) is 53.8 Å². The van der Waals surface area contributed by atoms with Crippen LogP contribution in [-0.4, -0.2) is 8.07 Å². The number of rotatable bonds is 4. The fourth-order valence-electron chi connectivity index (χ4n) is 2.71. The highest BCUT2D eigenvalue weighted by Gasteiger charge is 2.39. The molecule has 0 aliphatic rings. The van der Waals surface area contributed by atoms with Gasteiger partial charge in [-0.25, -0.2) is 0 Å². The second kappa shape index (κ2) is 4.27. The Labute approximate surface area is 79.1 Å². The van der Waals surface area contributed by atoms with Crippen LogP contribution in [0.2, 0.25) is 16.6 Å². The third-order valence-corrected chi connectivity index (χ3v) is 10.1. The Balaban J connectivity index is 4.89. The molecule has 1 heteroatoms. The van der Waals surface area contributed by atoms with Gasteiger partial charge in [0.15, 0.2) is 0 Å². The van der Waals surface area contributed by atoms with Gasteiger partial charge in [-0.3, -0.25) is 0 Å². The molecule has 12 heavy (non-hydrogen) atoms. The summed E-state index contributed by atoms with van der Waals surface area (Å²) in [4.78, 5) is 0. The van der Waals surface area contributed by atoms with Gasteiger partial charge >= 0.3 is 0 Å². The van der Waals surface area contributed by atoms with Crippen LogP contribution in [0.5, 0.6) is 0 Å². The molecular weight excluding hydrogens is 160 g/mol. The Kier molecular flexibility index (Phi) is 4.25. The summed E-state index contributed by atoms with van der Waals surface area (Å²) in [6, 6.07) is 0. The van der Waals surface area contributed by atoms with Crippen LogP contribution in [0.3, 0.4) is 0 Å². The normalized spacial score (nSPS) is 13.1. The summed E-state index contributed by atoms with van der Waals surface area (Å²) in [5, 5.41) is 0. The maximum absolute atomic E-state index is 4.06. The summed E-state index contributed by atoms with van der Waals surface area (Å²) in [5.74, 6) is 0. The van der Waals surface area contributed by atoms with Crippen LogP contribution >= 0.6 is 0 Å². The van der Waals surface area contributed by atoms with Crippen LogP contribution in [0.25, 0.3) is 0 Å². The molecule has 0 aromatic rings. The van der Waals surface area contributed by atoms with Crippen LogP contribution in [-0.2, 0) is 0 Å². The van der Waals surface area contributed by atoms with Crippen molar-refractivity contribution in [2.45, 2.75) is 58.2 Å². The summed E-state index contributed by atoms with van der Waals surface area (Å²) in [5.41, 5.74) is 4.74. The van der Waals surface area contributed by atoms with Crippen LogP contribution in [0.4, 0.5) is 0 Å². The van der Waals surface area contributed by atoms with E-state index in [1.165, 1.54) is 0 Å². The van der Waals surface area contributed by atoms with Crippen molar-refractivity contribution in [3.8, 4) is 0 Å². The molecule has 0 spiro atoms. The Bertz CT molecular complexity index is 123. The van der Waals surface area contributed by atoms with E-state index in [-0.39, 0.29) is 0 Å². The van der Waals surface area contributed by atoms with Crippen molar-refractivity contribution in [2.24, 2.45) is 0 Å². The number of hydrogen-bond acceptors (Lipinski definition) is 0. The molecule has 0 radical (unpaired) electrons.